The van der Waals surface area contributed by atoms with Gasteiger partial charge in [-0.05, 0) is 74.2 Å². The molecule has 0 saturated heterocycles. The van der Waals surface area contributed by atoms with Gasteiger partial charge in [0.25, 0.3) is 5.56 Å². The Morgan fingerprint density at radius 1 is 1.15 bits per heavy atom. The van der Waals surface area contributed by atoms with Crippen molar-refractivity contribution < 1.29 is 24.1 Å². The van der Waals surface area contributed by atoms with Gasteiger partial charge in [-0.1, -0.05) is 12.1 Å². The topological polar surface area (TPSA) is 111 Å². The van der Waals surface area contributed by atoms with Crippen molar-refractivity contribution in [1.82, 2.24) is 4.57 Å². The molecule has 8 heteroatoms. The Morgan fingerprint density at radius 3 is 2.59 bits per heavy atom. The molecule has 2 heterocycles. The number of ether oxygens (including phenoxy) is 3. The molecule has 0 spiro atoms. The molecule has 0 saturated carbocycles. The Balaban J connectivity index is 1.72. The summed E-state index contributed by atoms with van der Waals surface area (Å²) in [5, 5.41) is 20.6. The SMILES string of the molecule is Cc1ccc(OC(C)C(=O)c2c(C)c(C#N)c(=O)n(Cc3ccc4c(c3)OCO4)c2O)cc1C. The van der Waals surface area contributed by atoms with Gasteiger partial charge in [0.2, 0.25) is 18.5 Å². The summed E-state index contributed by atoms with van der Waals surface area (Å²) < 4.78 is 17.5. The van der Waals surface area contributed by atoms with Crippen LogP contribution in [0.2, 0.25) is 0 Å². The third kappa shape index (κ3) is 4.08. The first kappa shape index (κ1) is 22.9. The molecule has 3 aromatic rings. The van der Waals surface area contributed by atoms with E-state index in [1.165, 1.54) is 6.92 Å². The van der Waals surface area contributed by atoms with E-state index < -0.39 is 23.3 Å². The molecule has 4 rings (SSSR count). The number of fused-ring (bicyclic) bond motifs is 1. The predicted molar refractivity (Wildman–Crippen MR) is 124 cm³/mol. The van der Waals surface area contributed by atoms with Gasteiger partial charge in [-0.3, -0.25) is 14.2 Å². The largest absolute Gasteiger partial charge is 0.494 e. The van der Waals surface area contributed by atoms with E-state index in [1.807, 2.05) is 32.0 Å². The number of hydrogen-bond acceptors (Lipinski definition) is 7. The fourth-order valence-electron chi connectivity index (χ4n) is 3.86. The van der Waals surface area contributed by atoms with Crippen molar-refractivity contribution in [2.75, 3.05) is 6.79 Å². The molecule has 1 N–H and O–H groups in total. The summed E-state index contributed by atoms with van der Waals surface area (Å²) >= 11 is 0. The molecular formula is C26H24N2O6. The van der Waals surface area contributed by atoms with Crippen molar-refractivity contribution in [2.45, 2.75) is 40.3 Å². The highest BCUT2D eigenvalue weighted by atomic mass is 16.7. The van der Waals surface area contributed by atoms with Crippen LogP contribution in [0.5, 0.6) is 23.1 Å². The first-order valence-electron chi connectivity index (χ1n) is 10.7. The van der Waals surface area contributed by atoms with Crippen molar-refractivity contribution in [3.05, 3.63) is 80.1 Å². The molecule has 1 unspecified atom stereocenters. The number of carbonyl (C=O) groups excluding carboxylic acids is 1. The molecule has 2 aromatic carbocycles. The van der Waals surface area contributed by atoms with E-state index in [1.54, 1.807) is 31.2 Å². The molecule has 1 atom stereocenters. The number of benzene rings is 2. The van der Waals surface area contributed by atoms with E-state index in [-0.39, 0.29) is 30.0 Å². The Bertz CT molecular complexity index is 1400. The Kier molecular flexibility index (Phi) is 6.03. The average Bonchev–Trinajstić information content (AvgIpc) is 3.27. The van der Waals surface area contributed by atoms with Crippen LogP contribution in [0.4, 0.5) is 0 Å². The molecule has 0 amide bonds. The number of aromatic hydroxyl groups is 1. The smallest absolute Gasteiger partial charge is 0.271 e. The van der Waals surface area contributed by atoms with E-state index in [4.69, 9.17) is 14.2 Å². The minimum Gasteiger partial charge on any atom is -0.494 e. The van der Waals surface area contributed by atoms with Gasteiger partial charge in [0.1, 0.15) is 17.4 Å². The van der Waals surface area contributed by atoms with E-state index in [0.717, 1.165) is 15.7 Å². The van der Waals surface area contributed by atoms with Crippen LogP contribution in [0, 0.1) is 32.1 Å². The number of aryl methyl sites for hydroxylation is 2. The zero-order valence-corrected chi connectivity index (χ0v) is 19.3. The number of nitrogens with zero attached hydrogens (tertiary/aromatic N) is 2. The van der Waals surface area contributed by atoms with E-state index in [0.29, 0.717) is 22.8 Å². The zero-order valence-electron chi connectivity index (χ0n) is 19.3. The Hall–Kier alpha value is -4.25. The van der Waals surface area contributed by atoms with Crippen molar-refractivity contribution in [1.29, 1.82) is 5.26 Å². The molecule has 0 aliphatic carbocycles. The second-order valence-corrected chi connectivity index (χ2v) is 8.26. The second-order valence-electron chi connectivity index (χ2n) is 8.26. The van der Waals surface area contributed by atoms with Crippen LogP contribution in [0.25, 0.3) is 0 Å². The average molecular weight is 460 g/mol. The number of ketones is 1. The summed E-state index contributed by atoms with van der Waals surface area (Å²) in [4.78, 5) is 26.3. The summed E-state index contributed by atoms with van der Waals surface area (Å²) in [6.45, 7) is 6.99. The van der Waals surface area contributed by atoms with Gasteiger partial charge in [0.05, 0.1) is 12.1 Å². The normalized spacial score (nSPS) is 12.8. The van der Waals surface area contributed by atoms with Gasteiger partial charge in [-0.15, -0.1) is 0 Å². The van der Waals surface area contributed by atoms with Crippen molar-refractivity contribution in [2.24, 2.45) is 0 Å². The van der Waals surface area contributed by atoms with E-state index in [2.05, 4.69) is 0 Å². The minimum atomic E-state index is -0.963. The first-order chi connectivity index (χ1) is 16.2. The third-order valence-electron chi connectivity index (χ3n) is 5.98. The third-order valence-corrected chi connectivity index (χ3v) is 5.98. The summed E-state index contributed by atoms with van der Waals surface area (Å²) in [7, 11) is 0. The fraction of sp³-hybridized carbons (Fsp3) is 0.269. The molecule has 1 aromatic heterocycles. The number of aromatic nitrogens is 1. The molecule has 0 fully saturated rings. The standard InChI is InChI=1S/C26H24N2O6/c1-14-5-7-19(9-15(14)2)34-17(4)24(29)23-16(3)20(11-27)25(30)28(26(23)31)12-18-6-8-21-22(10-18)33-13-32-21/h5-10,17,31H,12-13H2,1-4H3. The van der Waals surface area contributed by atoms with Crippen LogP contribution in [0.3, 0.4) is 0 Å². The lowest BCUT2D eigenvalue weighted by Crippen LogP contribution is -2.31. The highest BCUT2D eigenvalue weighted by Gasteiger charge is 2.28. The summed E-state index contributed by atoms with van der Waals surface area (Å²) in [6.07, 6.45) is -0.963. The van der Waals surface area contributed by atoms with Gasteiger partial charge >= 0.3 is 0 Å². The molecule has 0 radical (unpaired) electrons. The van der Waals surface area contributed by atoms with Crippen LogP contribution in [-0.2, 0) is 6.54 Å². The van der Waals surface area contributed by atoms with Gasteiger partial charge < -0.3 is 19.3 Å². The molecule has 1 aliphatic rings. The maximum atomic E-state index is 13.3. The molecule has 34 heavy (non-hydrogen) atoms. The molecule has 174 valence electrons. The molecule has 0 bridgehead atoms. The highest BCUT2D eigenvalue weighted by molar-refractivity contribution is 6.03. The number of pyridine rings is 1. The lowest BCUT2D eigenvalue weighted by atomic mass is 9.99. The molecular weight excluding hydrogens is 436 g/mol. The van der Waals surface area contributed by atoms with E-state index in [9.17, 15) is 20.0 Å². The van der Waals surface area contributed by atoms with Crippen molar-refractivity contribution in [3.8, 4) is 29.2 Å². The van der Waals surface area contributed by atoms with Gasteiger partial charge in [0, 0.05) is 0 Å². The number of rotatable bonds is 6. The maximum absolute atomic E-state index is 13.3. The van der Waals surface area contributed by atoms with Crippen LogP contribution in [-0.4, -0.2) is 28.4 Å². The summed E-state index contributed by atoms with van der Waals surface area (Å²) in [5.74, 6) is 0.554. The fourth-order valence-corrected chi connectivity index (χ4v) is 3.86. The highest BCUT2D eigenvalue weighted by Crippen LogP contribution is 2.33. The van der Waals surface area contributed by atoms with Crippen molar-refractivity contribution in [3.63, 3.8) is 0 Å². The van der Waals surface area contributed by atoms with E-state index >= 15 is 0 Å². The number of Topliss-reactive ketones (excluding diaryl/α,β-unsaturated/α-hetero) is 1. The Labute approximate surface area is 196 Å². The monoisotopic (exact) mass is 460 g/mol. The number of carbonyl (C=O) groups is 1. The van der Waals surface area contributed by atoms with Gasteiger partial charge in [-0.2, -0.15) is 5.26 Å². The Morgan fingerprint density at radius 2 is 1.88 bits per heavy atom. The van der Waals surface area contributed by atoms with Gasteiger partial charge in [0.15, 0.2) is 17.6 Å². The minimum absolute atomic E-state index is 0.0665. The predicted octanol–water partition coefficient (Wildman–Crippen LogP) is 3.78. The number of hydrogen-bond donors (Lipinski definition) is 1. The second kappa shape index (κ2) is 8.94. The molecule has 8 nitrogen and oxygen atoms in total. The van der Waals surface area contributed by atoms with Crippen LogP contribution >= 0.6 is 0 Å². The lowest BCUT2D eigenvalue weighted by Gasteiger charge is -2.19. The van der Waals surface area contributed by atoms with Gasteiger partial charge in [-0.25, -0.2) is 0 Å². The summed E-state index contributed by atoms with van der Waals surface area (Å²) in [5.41, 5.74) is 1.84. The summed E-state index contributed by atoms with van der Waals surface area (Å²) in [6, 6.07) is 12.5. The lowest BCUT2D eigenvalue weighted by molar-refractivity contribution is 0.0812. The zero-order chi connectivity index (χ0) is 24.6. The van der Waals surface area contributed by atoms with Crippen LogP contribution < -0.4 is 19.8 Å². The maximum Gasteiger partial charge on any atom is 0.271 e. The van der Waals surface area contributed by atoms with Crippen LogP contribution in [0.15, 0.2) is 41.2 Å². The number of nitriles is 1. The van der Waals surface area contributed by atoms with Crippen LogP contribution in [0.1, 0.15) is 45.1 Å². The quantitative estimate of drug-likeness (QED) is 0.557. The van der Waals surface area contributed by atoms with Crippen molar-refractivity contribution >= 4 is 5.78 Å². The first-order valence-corrected chi connectivity index (χ1v) is 10.7. The molecule has 1 aliphatic heterocycles.